The molecular formula is C20H21N3O6. The molecule has 9 nitrogen and oxygen atoms in total. The van der Waals surface area contributed by atoms with E-state index >= 15 is 0 Å². The molecule has 1 N–H and O–H groups in total. The summed E-state index contributed by atoms with van der Waals surface area (Å²) in [5.74, 6) is -0.733. The number of nitrogens with zero attached hydrogens (tertiary/aromatic N) is 2. The van der Waals surface area contributed by atoms with E-state index in [1.165, 1.54) is 22.8 Å². The molecule has 3 rings (SSSR count). The van der Waals surface area contributed by atoms with Crippen LogP contribution in [-0.2, 0) is 29.2 Å². The Bertz CT molecular complexity index is 1090. The van der Waals surface area contributed by atoms with Crippen LogP contribution in [0.2, 0.25) is 0 Å². The van der Waals surface area contributed by atoms with Crippen LogP contribution in [0.1, 0.15) is 24.0 Å². The lowest BCUT2D eigenvalue weighted by Crippen LogP contribution is -2.24. The average molecular weight is 399 g/mol. The lowest BCUT2D eigenvalue weighted by molar-refractivity contribution is -0.384. The van der Waals surface area contributed by atoms with Gasteiger partial charge < -0.3 is 14.5 Å². The first kappa shape index (κ1) is 20.3. The quantitative estimate of drug-likeness (QED) is 0.437. The number of carbonyl (C=O) groups is 1. The number of nitro benzene ring substituents is 1. The van der Waals surface area contributed by atoms with E-state index in [0.717, 1.165) is 11.1 Å². The Morgan fingerprint density at radius 3 is 2.72 bits per heavy atom. The van der Waals surface area contributed by atoms with E-state index in [1.807, 2.05) is 24.3 Å². The summed E-state index contributed by atoms with van der Waals surface area (Å²) in [4.78, 5) is 34.5. The van der Waals surface area contributed by atoms with Crippen LogP contribution in [0.15, 0.2) is 51.7 Å². The van der Waals surface area contributed by atoms with Gasteiger partial charge in [-0.05, 0) is 23.6 Å². The number of fused-ring (bicyclic) bond motifs is 1. The maximum Gasteiger partial charge on any atom is 0.419 e. The van der Waals surface area contributed by atoms with Gasteiger partial charge in [0.2, 0.25) is 5.91 Å². The van der Waals surface area contributed by atoms with Crippen LogP contribution < -0.4 is 11.1 Å². The first-order valence-electron chi connectivity index (χ1n) is 9.10. The molecule has 0 bridgehead atoms. The molecule has 0 saturated heterocycles. The number of non-ortho nitro benzene ring substituents is 1. The highest BCUT2D eigenvalue weighted by Gasteiger charge is 2.14. The number of benzene rings is 2. The van der Waals surface area contributed by atoms with Crippen molar-refractivity contribution in [2.45, 2.75) is 32.5 Å². The van der Waals surface area contributed by atoms with Crippen molar-refractivity contribution in [2.75, 3.05) is 7.11 Å². The molecule has 0 saturated carbocycles. The summed E-state index contributed by atoms with van der Waals surface area (Å²) >= 11 is 0. The smallest absolute Gasteiger partial charge is 0.407 e. The number of aromatic nitrogens is 1. The van der Waals surface area contributed by atoms with Gasteiger partial charge in [0.15, 0.2) is 5.58 Å². The molecule has 1 heterocycles. The molecule has 29 heavy (non-hydrogen) atoms. The second-order valence-electron chi connectivity index (χ2n) is 6.51. The van der Waals surface area contributed by atoms with E-state index in [4.69, 9.17) is 9.15 Å². The van der Waals surface area contributed by atoms with Gasteiger partial charge in [-0.2, -0.15) is 0 Å². The highest BCUT2D eigenvalue weighted by Crippen LogP contribution is 2.20. The van der Waals surface area contributed by atoms with E-state index in [2.05, 4.69) is 5.32 Å². The number of hydrogen-bond acceptors (Lipinski definition) is 6. The van der Waals surface area contributed by atoms with E-state index in [0.29, 0.717) is 25.1 Å². The van der Waals surface area contributed by atoms with Crippen molar-refractivity contribution in [3.8, 4) is 0 Å². The highest BCUT2D eigenvalue weighted by molar-refractivity contribution is 5.76. The number of methoxy groups -OCH3 is 1. The first-order chi connectivity index (χ1) is 14.0. The maximum absolute atomic E-state index is 12.2. The normalized spacial score (nSPS) is 10.9. The number of carbonyl (C=O) groups excluding carboxylic acids is 1. The monoisotopic (exact) mass is 399 g/mol. The number of aryl methyl sites for hydroxylation is 1. The van der Waals surface area contributed by atoms with Crippen LogP contribution in [0, 0.1) is 10.1 Å². The number of nitrogens with one attached hydrogen (secondary N) is 1. The topological polar surface area (TPSA) is 117 Å². The second kappa shape index (κ2) is 9.16. The molecule has 0 spiro atoms. The van der Waals surface area contributed by atoms with E-state index in [9.17, 15) is 19.7 Å². The molecule has 9 heteroatoms. The standard InChI is InChI=1S/C20H21N3O6/c1-28-13-15-6-3-2-5-14(15)12-21-19(24)7-4-10-22-17-9-8-16(23(26)27)11-18(17)29-20(22)25/h2-3,5-6,8-9,11H,4,7,10,12-13H2,1H3,(H,21,24). The Balaban J connectivity index is 1.56. The number of nitro groups is 1. The van der Waals surface area contributed by atoms with Crippen molar-refractivity contribution in [1.29, 1.82) is 0 Å². The van der Waals surface area contributed by atoms with Gasteiger partial charge in [0.05, 0.1) is 23.1 Å². The summed E-state index contributed by atoms with van der Waals surface area (Å²) < 4.78 is 11.6. The molecule has 1 amide bonds. The van der Waals surface area contributed by atoms with Gasteiger partial charge in [0.1, 0.15) is 0 Å². The van der Waals surface area contributed by atoms with Crippen LogP contribution in [-0.4, -0.2) is 22.5 Å². The molecular weight excluding hydrogens is 378 g/mol. The molecule has 0 unspecified atom stereocenters. The van der Waals surface area contributed by atoms with Crippen molar-refractivity contribution >= 4 is 22.7 Å². The fourth-order valence-corrected chi connectivity index (χ4v) is 3.09. The molecule has 0 aliphatic rings. The summed E-state index contributed by atoms with van der Waals surface area (Å²) in [5.41, 5.74) is 2.48. The zero-order valence-corrected chi connectivity index (χ0v) is 15.9. The molecule has 1 aromatic heterocycles. The van der Waals surface area contributed by atoms with Crippen molar-refractivity contribution in [3.63, 3.8) is 0 Å². The average Bonchev–Trinajstić information content (AvgIpc) is 3.02. The zero-order valence-electron chi connectivity index (χ0n) is 15.9. The summed E-state index contributed by atoms with van der Waals surface area (Å²) in [6, 6.07) is 11.7. The summed E-state index contributed by atoms with van der Waals surface area (Å²) in [6.07, 6.45) is 0.662. The summed E-state index contributed by atoms with van der Waals surface area (Å²) in [5, 5.41) is 13.7. The SMILES string of the molecule is COCc1ccccc1CNC(=O)CCCn1c(=O)oc2cc([N+](=O)[O-])ccc21. The Morgan fingerprint density at radius 2 is 2.00 bits per heavy atom. The number of hydrogen-bond donors (Lipinski definition) is 1. The largest absolute Gasteiger partial charge is 0.419 e. The Labute approximate surface area is 166 Å². The van der Waals surface area contributed by atoms with Crippen LogP contribution in [0.4, 0.5) is 5.69 Å². The fraction of sp³-hybridized carbons (Fsp3) is 0.300. The van der Waals surface area contributed by atoms with Gasteiger partial charge in [-0.1, -0.05) is 24.3 Å². The van der Waals surface area contributed by atoms with E-state index < -0.39 is 10.7 Å². The van der Waals surface area contributed by atoms with Crippen LogP contribution in [0.5, 0.6) is 0 Å². The molecule has 0 atom stereocenters. The third-order valence-electron chi connectivity index (χ3n) is 4.54. The maximum atomic E-state index is 12.2. The predicted octanol–water partition coefficient (Wildman–Crippen LogP) is 2.75. The second-order valence-corrected chi connectivity index (χ2v) is 6.51. The van der Waals surface area contributed by atoms with Crippen LogP contribution >= 0.6 is 0 Å². The minimum Gasteiger partial charge on any atom is -0.407 e. The Kier molecular flexibility index (Phi) is 6.40. The van der Waals surface area contributed by atoms with Crippen molar-refractivity contribution < 1.29 is 18.9 Å². The molecule has 0 aliphatic carbocycles. The summed E-state index contributed by atoms with van der Waals surface area (Å²) in [6.45, 7) is 1.15. The molecule has 2 aromatic carbocycles. The molecule has 0 fully saturated rings. The van der Waals surface area contributed by atoms with Gasteiger partial charge in [-0.25, -0.2) is 4.79 Å². The first-order valence-corrected chi connectivity index (χ1v) is 9.10. The molecule has 3 aromatic rings. The highest BCUT2D eigenvalue weighted by atomic mass is 16.6. The van der Waals surface area contributed by atoms with Crippen LogP contribution in [0.25, 0.3) is 11.1 Å². The molecule has 0 radical (unpaired) electrons. The van der Waals surface area contributed by atoms with Gasteiger partial charge in [0.25, 0.3) is 5.69 Å². The number of amides is 1. The lowest BCUT2D eigenvalue weighted by atomic mass is 10.1. The van der Waals surface area contributed by atoms with Crippen molar-refractivity contribution in [1.82, 2.24) is 9.88 Å². The van der Waals surface area contributed by atoms with E-state index in [1.54, 1.807) is 7.11 Å². The van der Waals surface area contributed by atoms with Gasteiger partial charge in [-0.3, -0.25) is 19.5 Å². The number of rotatable bonds is 9. The van der Waals surface area contributed by atoms with Crippen LogP contribution in [0.3, 0.4) is 0 Å². The predicted molar refractivity (Wildman–Crippen MR) is 105 cm³/mol. The lowest BCUT2D eigenvalue weighted by Gasteiger charge is -2.10. The van der Waals surface area contributed by atoms with Crippen molar-refractivity contribution in [3.05, 3.63) is 74.3 Å². The number of oxazole rings is 1. The minimum absolute atomic E-state index is 0.131. The fourth-order valence-electron chi connectivity index (χ4n) is 3.09. The van der Waals surface area contributed by atoms with Gasteiger partial charge in [-0.15, -0.1) is 0 Å². The third-order valence-corrected chi connectivity index (χ3v) is 4.54. The van der Waals surface area contributed by atoms with E-state index in [-0.39, 0.29) is 30.1 Å². The minimum atomic E-state index is -0.602. The zero-order chi connectivity index (χ0) is 20.8. The Morgan fingerprint density at radius 1 is 1.24 bits per heavy atom. The van der Waals surface area contributed by atoms with Crippen molar-refractivity contribution in [2.24, 2.45) is 0 Å². The van der Waals surface area contributed by atoms with Gasteiger partial charge in [0, 0.05) is 32.7 Å². The summed E-state index contributed by atoms with van der Waals surface area (Å²) in [7, 11) is 1.62. The Hall–Kier alpha value is -3.46. The third kappa shape index (κ3) is 4.88. The number of ether oxygens (including phenoxy) is 1. The van der Waals surface area contributed by atoms with Gasteiger partial charge >= 0.3 is 5.76 Å². The molecule has 0 aliphatic heterocycles. The molecule has 152 valence electrons.